The van der Waals surface area contributed by atoms with E-state index in [1.54, 1.807) is 0 Å². The highest BCUT2D eigenvalue weighted by Gasteiger charge is 2.05. The van der Waals surface area contributed by atoms with Gasteiger partial charge in [-0.15, -0.1) is 0 Å². The number of aliphatic carboxylic acids is 1. The van der Waals surface area contributed by atoms with E-state index in [2.05, 4.69) is 15.9 Å². The Labute approximate surface area is 132 Å². The van der Waals surface area contributed by atoms with E-state index in [1.165, 1.54) is 11.6 Å². The molecule has 0 saturated carbocycles. The number of benzene rings is 2. The van der Waals surface area contributed by atoms with Crippen molar-refractivity contribution in [3.05, 3.63) is 63.6 Å². The van der Waals surface area contributed by atoms with E-state index < -0.39 is 5.97 Å². The van der Waals surface area contributed by atoms with E-state index in [0.717, 1.165) is 27.4 Å². The smallest absolute Gasteiger partial charge is 0.328 e. The van der Waals surface area contributed by atoms with Crippen molar-refractivity contribution in [2.24, 2.45) is 0 Å². The third kappa shape index (κ3) is 3.95. The van der Waals surface area contributed by atoms with Crippen LogP contribution in [0.3, 0.4) is 0 Å². The number of ether oxygens (including phenoxy) is 1. The van der Waals surface area contributed by atoms with Crippen LogP contribution in [0, 0.1) is 13.8 Å². The molecule has 0 saturated heterocycles. The van der Waals surface area contributed by atoms with Gasteiger partial charge < -0.3 is 9.84 Å². The number of halogens is 1. The van der Waals surface area contributed by atoms with Crippen LogP contribution in [0.4, 0.5) is 0 Å². The van der Waals surface area contributed by atoms with Gasteiger partial charge in [0, 0.05) is 10.5 Å². The summed E-state index contributed by atoms with van der Waals surface area (Å²) in [7, 11) is 0. The van der Waals surface area contributed by atoms with E-state index >= 15 is 0 Å². The van der Waals surface area contributed by atoms with E-state index in [0.29, 0.717) is 5.75 Å². The summed E-state index contributed by atoms with van der Waals surface area (Å²) in [5.41, 5.74) is 3.06. The molecule has 0 heterocycles. The molecule has 108 valence electrons. The van der Waals surface area contributed by atoms with Crippen molar-refractivity contribution in [3.8, 4) is 11.5 Å². The molecular weight excluding hydrogens is 332 g/mol. The number of carboxylic acids is 1. The van der Waals surface area contributed by atoms with Gasteiger partial charge in [-0.2, -0.15) is 0 Å². The van der Waals surface area contributed by atoms with Crippen LogP contribution >= 0.6 is 15.9 Å². The van der Waals surface area contributed by atoms with Crippen molar-refractivity contribution in [1.29, 1.82) is 0 Å². The van der Waals surface area contributed by atoms with Crippen LogP contribution in [0.25, 0.3) is 6.08 Å². The maximum Gasteiger partial charge on any atom is 0.328 e. The van der Waals surface area contributed by atoms with Gasteiger partial charge in [-0.05, 0) is 54.8 Å². The Hall–Kier alpha value is -2.07. The number of hydrogen-bond donors (Lipinski definition) is 1. The average Bonchev–Trinajstić information content (AvgIpc) is 2.43. The maximum atomic E-state index is 10.5. The predicted molar refractivity (Wildman–Crippen MR) is 86.8 cm³/mol. The maximum absolute atomic E-state index is 10.5. The molecule has 3 nitrogen and oxygen atoms in total. The molecule has 0 bridgehead atoms. The SMILES string of the molecule is Cc1cccc(Oc2ccc(/C=C/C(=O)O)c(Br)c2)c1C. The molecule has 0 radical (unpaired) electrons. The first-order chi connectivity index (χ1) is 9.97. The van der Waals surface area contributed by atoms with Gasteiger partial charge in [-0.25, -0.2) is 4.79 Å². The molecule has 0 amide bonds. The Morgan fingerprint density at radius 3 is 2.67 bits per heavy atom. The molecule has 1 N–H and O–H groups in total. The lowest BCUT2D eigenvalue weighted by Gasteiger charge is -2.11. The third-order valence-electron chi connectivity index (χ3n) is 3.16. The van der Waals surface area contributed by atoms with Crippen LogP contribution < -0.4 is 4.74 Å². The van der Waals surface area contributed by atoms with Gasteiger partial charge in [0.25, 0.3) is 0 Å². The van der Waals surface area contributed by atoms with E-state index in [1.807, 2.05) is 50.2 Å². The third-order valence-corrected chi connectivity index (χ3v) is 3.85. The van der Waals surface area contributed by atoms with Gasteiger partial charge in [0.05, 0.1) is 0 Å². The summed E-state index contributed by atoms with van der Waals surface area (Å²) in [5.74, 6) is 0.538. The summed E-state index contributed by atoms with van der Waals surface area (Å²) in [6.07, 6.45) is 2.64. The lowest BCUT2D eigenvalue weighted by molar-refractivity contribution is -0.131. The van der Waals surface area contributed by atoms with Crippen molar-refractivity contribution in [2.75, 3.05) is 0 Å². The first kappa shape index (κ1) is 15.3. The van der Waals surface area contributed by atoms with Gasteiger partial charge >= 0.3 is 5.97 Å². The average molecular weight is 347 g/mol. The topological polar surface area (TPSA) is 46.5 Å². The van der Waals surface area contributed by atoms with Crippen molar-refractivity contribution >= 4 is 28.0 Å². The van der Waals surface area contributed by atoms with Crippen molar-refractivity contribution in [3.63, 3.8) is 0 Å². The van der Waals surface area contributed by atoms with Gasteiger partial charge in [-0.1, -0.05) is 34.1 Å². The lowest BCUT2D eigenvalue weighted by atomic mass is 10.1. The van der Waals surface area contributed by atoms with Crippen molar-refractivity contribution in [1.82, 2.24) is 0 Å². The van der Waals surface area contributed by atoms with Gasteiger partial charge in [0.15, 0.2) is 0 Å². The molecule has 0 aliphatic carbocycles. The van der Waals surface area contributed by atoms with Crippen LogP contribution in [-0.4, -0.2) is 11.1 Å². The summed E-state index contributed by atoms with van der Waals surface area (Å²) in [6.45, 7) is 4.06. The highest BCUT2D eigenvalue weighted by Crippen LogP contribution is 2.30. The number of carbonyl (C=O) groups is 1. The van der Waals surface area contributed by atoms with Gasteiger partial charge in [-0.3, -0.25) is 0 Å². The molecule has 0 fully saturated rings. The molecule has 2 aromatic carbocycles. The van der Waals surface area contributed by atoms with E-state index in [-0.39, 0.29) is 0 Å². The fourth-order valence-electron chi connectivity index (χ4n) is 1.83. The van der Waals surface area contributed by atoms with Crippen molar-refractivity contribution < 1.29 is 14.6 Å². The van der Waals surface area contributed by atoms with Crippen LogP contribution in [-0.2, 0) is 4.79 Å². The molecule has 4 heteroatoms. The largest absolute Gasteiger partial charge is 0.478 e. The summed E-state index contributed by atoms with van der Waals surface area (Å²) >= 11 is 3.42. The number of hydrogen-bond acceptors (Lipinski definition) is 2. The quantitative estimate of drug-likeness (QED) is 0.796. The van der Waals surface area contributed by atoms with E-state index in [4.69, 9.17) is 9.84 Å². The molecule has 21 heavy (non-hydrogen) atoms. The molecule has 2 rings (SSSR count). The van der Waals surface area contributed by atoms with Crippen molar-refractivity contribution in [2.45, 2.75) is 13.8 Å². The predicted octanol–water partition coefficient (Wildman–Crippen LogP) is 4.96. The molecule has 0 aliphatic rings. The standard InChI is InChI=1S/C17H15BrO3/c1-11-4-3-5-16(12(11)2)21-14-8-6-13(15(18)10-14)7-9-17(19)20/h3-10H,1-2H3,(H,19,20)/b9-7+. The zero-order valence-electron chi connectivity index (χ0n) is 11.8. The van der Waals surface area contributed by atoms with Crippen LogP contribution in [0.15, 0.2) is 46.9 Å². The fourth-order valence-corrected chi connectivity index (χ4v) is 2.32. The molecule has 2 aromatic rings. The zero-order chi connectivity index (χ0) is 15.4. The second-order valence-corrected chi connectivity index (χ2v) is 5.51. The number of aryl methyl sites for hydroxylation is 1. The summed E-state index contributed by atoms with van der Waals surface area (Å²) in [5, 5.41) is 8.64. The summed E-state index contributed by atoms with van der Waals surface area (Å²) in [4.78, 5) is 10.5. The van der Waals surface area contributed by atoms with Crippen LogP contribution in [0.1, 0.15) is 16.7 Å². The Balaban J connectivity index is 2.24. The highest BCUT2D eigenvalue weighted by atomic mass is 79.9. The molecule has 0 aliphatic heterocycles. The molecule has 0 spiro atoms. The van der Waals surface area contributed by atoms with Gasteiger partial charge in [0.1, 0.15) is 11.5 Å². The Morgan fingerprint density at radius 2 is 2.00 bits per heavy atom. The monoisotopic (exact) mass is 346 g/mol. The summed E-state index contributed by atoms with van der Waals surface area (Å²) in [6, 6.07) is 11.4. The first-order valence-corrected chi connectivity index (χ1v) is 7.21. The second kappa shape index (κ2) is 6.59. The summed E-state index contributed by atoms with van der Waals surface area (Å²) < 4.78 is 6.66. The molecule has 0 aromatic heterocycles. The second-order valence-electron chi connectivity index (χ2n) is 4.65. The zero-order valence-corrected chi connectivity index (χ0v) is 13.3. The fraction of sp³-hybridized carbons (Fsp3) is 0.118. The minimum absolute atomic E-state index is 0.697. The Morgan fingerprint density at radius 1 is 1.24 bits per heavy atom. The van der Waals surface area contributed by atoms with E-state index in [9.17, 15) is 4.79 Å². The Bertz CT molecular complexity index is 705. The van der Waals surface area contributed by atoms with Crippen LogP contribution in [0.2, 0.25) is 0 Å². The highest BCUT2D eigenvalue weighted by molar-refractivity contribution is 9.10. The Kier molecular flexibility index (Phi) is 4.81. The molecular formula is C17H15BrO3. The first-order valence-electron chi connectivity index (χ1n) is 6.42. The normalized spacial score (nSPS) is 10.8. The minimum Gasteiger partial charge on any atom is -0.478 e. The minimum atomic E-state index is -0.974. The molecule has 0 unspecified atom stereocenters. The number of carboxylic acid groups (broad SMARTS) is 1. The van der Waals surface area contributed by atoms with Gasteiger partial charge in [0.2, 0.25) is 0 Å². The molecule has 0 atom stereocenters. The number of rotatable bonds is 4. The van der Waals surface area contributed by atoms with Crippen LogP contribution in [0.5, 0.6) is 11.5 Å². The lowest BCUT2D eigenvalue weighted by Crippen LogP contribution is -1.91.